The lowest BCUT2D eigenvalue weighted by Crippen LogP contribution is -2.33. The Morgan fingerprint density at radius 2 is 1.80 bits per heavy atom. The normalized spacial score (nSPS) is 18.1. The second kappa shape index (κ2) is 5.59. The molecular formula is C18H20ClN. The Morgan fingerprint density at radius 3 is 2.50 bits per heavy atom. The molecule has 20 heavy (non-hydrogen) atoms. The minimum absolute atomic E-state index is 0.669. The number of fused-ring (bicyclic) bond motifs is 1. The Bertz CT molecular complexity index is 601. The maximum absolute atomic E-state index is 5.99. The van der Waals surface area contributed by atoms with Gasteiger partial charge in [-0.3, -0.25) is 0 Å². The van der Waals surface area contributed by atoms with Crippen molar-refractivity contribution in [1.82, 2.24) is 4.90 Å². The average Bonchev–Trinajstić information content (AvgIpc) is 2.47. The van der Waals surface area contributed by atoms with Gasteiger partial charge in [-0.05, 0) is 67.7 Å². The van der Waals surface area contributed by atoms with E-state index in [1.54, 1.807) is 0 Å². The van der Waals surface area contributed by atoms with Crippen molar-refractivity contribution in [3.63, 3.8) is 0 Å². The maximum atomic E-state index is 5.99. The van der Waals surface area contributed by atoms with Gasteiger partial charge in [0.25, 0.3) is 0 Å². The molecule has 2 aromatic carbocycles. The molecule has 2 aromatic rings. The van der Waals surface area contributed by atoms with Gasteiger partial charge in [-0.15, -0.1) is 0 Å². The predicted molar refractivity (Wildman–Crippen MR) is 86.4 cm³/mol. The van der Waals surface area contributed by atoms with Gasteiger partial charge in [0.05, 0.1) is 0 Å². The topological polar surface area (TPSA) is 3.24 Å². The molecule has 2 heteroatoms. The number of likely N-dealkylation sites (N-methyl/N-ethyl adjacent to an activating group) is 1. The molecule has 0 aromatic heterocycles. The molecule has 0 saturated carbocycles. The van der Waals surface area contributed by atoms with Gasteiger partial charge >= 0.3 is 0 Å². The van der Waals surface area contributed by atoms with Gasteiger partial charge in [0.15, 0.2) is 0 Å². The molecule has 3 rings (SSSR count). The van der Waals surface area contributed by atoms with Crippen LogP contribution in [0.15, 0.2) is 42.5 Å². The SMILES string of the molecule is CN(C)[C@H]1CCc2c(cccc2-c2ccc(Cl)cc2)C1. The predicted octanol–water partition coefficient (Wildman–Crippen LogP) is 4.43. The Labute approximate surface area is 126 Å². The van der Waals surface area contributed by atoms with E-state index in [4.69, 9.17) is 11.6 Å². The minimum atomic E-state index is 0.669. The number of nitrogens with zero attached hydrogens (tertiary/aromatic N) is 1. The quantitative estimate of drug-likeness (QED) is 0.789. The van der Waals surface area contributed by atoms with E-state index in [9.17, 15) is 0 Å². The third kappa shape index (κ3) is 2.61. The summed E-state index contributed by atoms with van der Waals surface area (Å²) in [7, 11) is 4.36. The molecule has 1 aliphatic carbocycles. The number of benzene rings is 2. The number of rotatable bonds is 2. The fourth-order valence-electron chi connectivity index (χ4n) is 3.13. The van der Waals surface area contributed by atoms with E-state index < -0.39 is 0 Å². The van der Waals surface area contributed by atoms with Crippen molar-refractivity contribution < 1.29 is 0 Å². The number of hydrogen-bond acceptors (Lipinski definition) is 1. The van der Waals surface area contributed by atoms with Crippen LogP contribution in [0.5, 0.6) is 0 Å². The molecule has 1 nitrogen and oxygen atoms in total. The third-order valence-electron chi connectivity index (χ3n) is 4.34. The van der Waals surface area contributed by atoms with E-state index in [1.165, 1.54) is 28.7 Å². The molecule has 104 valence electrons. The second-order valence-corrected chi connectivity index (χ2v) is 6.25. The first kappa shape index (κ1) is 13.7. The molecule has 0 saturated heterocycles. The summed E-state index contributed by atoms with van der Waals surface area (Å²) in [4.78, 5) is 2.35. The summed E-state index contributed by atoms with van der Waals surface area (Å²) < 4.78 is 0. The molecule has 1 atom stereocenters. The molecule has 1 aliphatic rings. The monoisotopic (exact) mass is 285 g/mol. The molecule has 0 spiro atoms. The van der Waals surface area contributed by atoms with Gasteiger partial charge in [0, 0.05) is 11.1 Å². The fraction of sp³-hybridized carbons (Fsp3) is 0.333. The van der Waals surface area contributed by atoms with Crippen LogP contribution in [0.25, 0.3) is 11.1 Å². The highest BCUT2D eigenvalue weighted by atomic mass is 35.5. The Morgan fingerprint density at radius 1 is 1.05 bits per heavy atom. The molecule has 0 heterocycles. The second-order valence-electron chi connectivity index (χ2n) is 5.81. The highest BCUT2D eigenvalue weighted by Gasteiger charge is 2.22. The van der Waals surface area contributed by atoms with E-state index in [2.05, 4.69) is 49.3 Å². The van der Waals surface area contributed by atoms with Crippen LogP contribution in [0, 0.1) is 0 Å². The average molecular weight is 286 g/mol. The van der Waals surface area contributed by atoms with E-state index >= 15 is 0 Å². The van der Waals surface area contributed by atoms with Crippen LogP contribution < -0.4 is 0 Å². The maximum Gasteiger partial charge on any atom is 0.0406 e. The van der Waals surface area contributed by atoms with Crippen LogP contribution in [-0.4, -0.2) is 25.0 Å². The largest absolute Gasteiger partial charge is 0.306 e. The summed E-state index contributed by atoms with van der Waals surface area (Å²) in [6.07, 6.45) is 3.56. The summed E-state index contributed by atoms with van der Waals surface area (Å²) in [5, 5.41) is 0.797. The van der Waals surface area contributed by atoms with E-state index in [1.807, 2.05) is 12.1 Å². The summed E-state index contributed by atoms with van der Waals surface area (Å²) in [5.41, 5.74) is 5.67. The van der Waals surface area contributed by atoms with E-state index in [0.29, 0.717) is 6.04 Å². The molecule has 0 fully saturated rings. The standard InChI is InChI=1S/C18H20ClN/c1-20(2)16-10-11-18-14(12-16)4-3-5-17(18)13-6-8-15(19)9-7-13/h3-9,16H,10-12H2,1-2H3/t16-/m0/s1. The zero-order chi connectivity index (χ0) is 14.1. The van der Waals surface area contributed by atoms with Gasteiger partial charge in [0.1, 0.15) is 0 Å². The lowest BCUT2D eigenvalue weighted by Gasteiger charge is -2.31. The van der Waals surface area contributed by atoms with E-state index in [-0.39, 0.29) is 0 Å². The Kier molecular flexibility index (Phi) is 3.82. The van der Waals surface area contributed by atoms with Crippen molar-refractivity contribution in [3.05, 3.63) is 58.6 Å². The van der Waals surface area contributed by atoms with Gasteiger partial charge in [0.2, 0.25) is 0 Å². The van der Waals surface area contributed by atoms with Crippen molar-refractivity contribution in [2.75, 3.05) is 14.1 Å². The highest BCUT2D eigenvalue weighted by molar-refractivity contribution is 6.30. The van der Waals surface area contributed by atoms with Crippen LogP contribution in [0.2, 0.25) is 5.02 Å². The number of halogens is 1. The highest BCUT2D eigenvalue weighted by Crippen LogP contribution is 2.33. The lowest BCUT2D eigenvalue weighted by atomic mass is 9.83. The van der Waals surface area contributed by atoms with Crippen molar-refractivity contribution in [2.24, 2.45) is 0 Å². The lowest BCUT2D eigenvalue weighted by molar-refractivity contribution is 0.268. The van der Waals surface area contributed by atoms with Crippen LogP contribution >= 0.6 is 11.6 Å². The third-order valence-corrected chi connectivity index (χ3v) is 4.59. The smallest absolute Gasteiger partial charge is 0.0406 e. The summed E-state index contributed by atoms with van der Waals surface area (Å²) >= 11 is 5.99. The zero-order valence-corrected chi connectivity index (χ0v) is 12.8. The van der Waals surface area contributed by atoms with Gasteiger partial charge < -0.3 is 4.90 Å². The summed E-state index contributed by atoms with van der Waals surface area (Å²) in [6, 6.07) is 15.6. The number of hydrogen-bond donors (Lipinski definition) is 0. The molecule has 0 unspecified atom stereocenters. The molecule has 0 amide bonds. The van der Waals surface area contributed by atoms with Crippen molar-refractivity contribution in [3.8, 4) is 11.1 Å². The Hall–Kier alpha value is -1.31. The van der Waals surface area contributed by atoms with E-state index in [0.717, 1.165) is 17.9 Å². The zero-order valence-electron chi connectivity index (χ0n) is 12.1. The molecule has 0 radical (unpaired) electrons. The van der Waals surface area contributed by atoms with Gasteiger partial charge in [-0.25, -0.2) is 0 Å². The molecule has 0 bridgehead atoms. The van der Waals surface area contributed by atoms with Crippen LogP contribution in [0.4, 0.5) is 0 Å². The fourth-order valence-corrected chi connectivity index (χ4v) is 3.25. The first-order valence-electron chi connectivity index (χ1n) is 7.18. The summed E-state index contributed by atoms with van der Waals surface area (Å²) in [5.74, 6) is 0. The minimum Gasteiger partial charge on any atom is -0.306 e. The van der Waals surface area contributed by atoms with Crippen molar-refractivity contribution in [1.29, 1.82) is 0 Å². The van der Waals surface area contributed by atoms with Gasteiger partial charge in [-0.2, -0.15) is 0 Å². The molecular weight excluding hydrogens is 266 g/mol. The molecule has 0 aliphatic heterocycles. The van der Waals surface area contributed by atoms with Crippen LogP contribution in [0.1, 0.15) is 17.5 Å². The molecule has 0 N–H and O–H groups in total. The van der Waals surface area contributed by atoms with Crippen LogP contribution in [0.3, 0.4) is 0 Å². The first-order valence-corrected chi connectivity index (χ1v) is 7.56. The van der Waals surface area contributed by atoms with Crippen molar-refractivity contribution in [2.45, 2.75) is 25.3 Å². The Balaban J connectivity index is 1.99. The van der Waals surface area contributed by atoms with Crippen molar-refractivity contribution >= 4 is 11.6 Å². The van der Waals surface area contributed by atoms with Gasteiger partial charge in [-0.1, -0.05) is 41.9 Å². The van der Waals surface area contributed by atoms with Crippen LogP contribution in [-0.2, 0) is 12.8 Å². The summed E-state index contributed by atoms with van der Waals surface area (Å²) in [6.45, 7) is 0. The first-order chi connectivity index (χ1) is 9.65.